The summed E-state index contributed by atoms with van der Waals surface area (Å²) in [5, 5.41) is 9.03. The lowest BCUT2D eigenvalue weighted by atomic mass is 10.2. The smallest absolute Gasteiger partial charge is 0.335 e. The second-order valence-electron chi connectivity index (χ2n) is 4.22. The number of carboxylic acids is 1. The maximum Gasteiger partial charge on any atom is 0.335 e. The van der Waals surface area contributed by atoms with Crippen molar-refractivity contribution >= 4 is 32.9 Å². The highest BCUT2D eigenvalue weighted by Gasteiger charge is 2.10. The molecule has 100 valence electrons. The number of hydrogen-bond acceptors (Lipinski definition) is 2. The molecule has 0 spiro atoms. The Hall–Kier alpha value is -2.21. The van der Waals surface area contributed by atoms with Crippen LogP contribution in [0.5, 0.6) is 0 Å². The zero-order valence-corrected chi connectivity index (χ0v) is 11.6. The number of benzene rings is 2. The van der Waals surface area contributed by atoms with Gasteiger partial charge in [0.05, 0.1) is 26.8 Å². The molecule has 6 heteroatoms. The zero-order valence-electron chi connectivity index (χ0n) is 10.0. The minimum Gasteiger partial charge on any atom is -0.478 e. The normalized spacial score (nSPS) is 10.9. The Morgan fingerprint density at radius 2 is 2.05 bits per heavy atom. The fraction of sp³-hybridized carbons (Fsp3) is 0. The van der Waals surface area contributed by atoms with Crippen LogP contribution >= 0.6 is 15.9 Å². The monoisotopic (exact) mass is 334 g/mol. The van der Waals surface area contributed by atoms with Gasteiger partial charge in [0.25, 0.3) is 0 Å². The first-order valence-electron chi connectivity index (χ1n) is 5.72. The summed E-state index contributed by atoms with van der Waals surface area (Å²) in [4.78, 5) is 15.2. The van der Waals surface area contributed by atoms with Crippen LogP contribution in [0.25, 0.3) is 16.7 Å². The Morgan fingerprint density at radius 1 is 1.25 bits per heavy atom. The van der Waals surface area contributed by atoms with E-state index >= 15 is 0 Å². The van der Waals surface area contributed by atoms with Gasteiger partial charge < -0.3 is 5.11 Å². The molecule has 0 saturated carbocycles. The first kappa shape index (κ1) is 12.8. The average molecular weight is 335 g/mol. The number of halogens is 2. The summed E-state index contributed by atoms with van der Waals surface area (Å²) in [6, 6.07) is 9.32. The number of aromatic carboxylic acids is 1. The van der Waals surface area contributed by atoms with Crippen LogP contribution in [0.15, 0.2) is 47.2 Å². The molecule has 3 rings (SSSR count). The molecule has 0 unspecified atom stereocenters. The second-order valence-corrected chi connectivity index (χ2v) is 5.08. The molecular formula is C14H8BrFN2O2. The van der Waals surface area contributed by atoms with E-state index in [0.717, 1.165) is 0 Å². The van der Waals surface area contributed by atoms with Gasteiger partial charge in [0.15, 0.2) is 0 Å². The van der Waals surface area contributed by atoms with Crippen molar-refractivity contribution in [2.75, 3.05) is 0 Å². The van der Waals surface area contributed by atoms with Crippen molar-refractivity contribution in [2.24, 2.45) is 0 Å². The van der Waals surface area contributed by atoms with Crippen molar-refractivity contribution < 1.29 is 14.3 Å². The van der Waals surface area contributed by atoms with Crippen molar-refractivity contribution in [1.29, 1.82) is 0 Å². The summed E-state index contributed by atoms with van der Waals surface area (Å²) in [5.41, 5.74) is 2.01. The molecule has 4 nitrogen and oxygen atoms in total. The van der Waals surface area contributed by atoms with Crippen LogP contribution in [0.3, 0.4) is 0 Å². The SMILES string of the molecule is O=C(O)c1ccc2ncn(-c3ccc(Br)c(F)c3)c2c1. The predicted molar refractivity (Wildman–Crippen MR) is 75.7 cm³/mol. The van der Waals surface area contributed by atoms with Crippen LogP contribution in [0.2, 0.25) is 0 Å². The Kier molecular flexibility index (Phi) is 3.02. The summed E-state index contributed by atoms with van der Waals surface area (Å²) < 4.78 is 15.6. The summed E-state index contributed by atoms with van der Waals surface area (Å²) in [6.45, 7) is 0. The topological polar surface area (TPSA) is 55.1 Å². The Morgan fingerprint density at radius 3 is 2.75 bits per heavy atom. The number of rotatable bonds is 2. The molecule has 0 saturated heterocycles. The van der Waals surface area contributed by atoms with Gasteiger partial charge in [-0.05, 0) is 52.3 Å². The van der Waals surface area contributed by atoms with Crippen LogP contribution in [-0.2, 0) is 0 Å². The minimum atomic E-state index is -1.01. The first-order chi connectivity index (χ1) is 9.56. The fourth-order valence-electron chi connectivity index (χ4n) is 1.98. The predicted octanol–water partition coefficient (Wildman–Crippen LogP) is 3.63. The van der Waals surface area contributed by atoms with Crippen LogP contribution < -0.4 is 0 Å². The maximum atomic E-state index is 13.6. The van der Waals surface area contributed by atoms with E-state index in [2.05, 4.69) is 20.9 Å². The van der Waals surface area contributed by atoms with Gasteiger partial charge in [0.1, 0.15) is 12.1 Å². The van der Waals surface area contributed by atoms with Gasteiger partial charge >= 0.3 is 5.97 Å². The molecule has 0 aliphatic rings. The highest BCUT2D eigenvalue weighted by Crippen LogP contribution is 2.23. The lowest BCUT2D eigenvalue weighted by Crippen LogP contribution is -1.98. The minimum absolute atomic E-state index is 0.164. The van der Waals surface area contributed by atoms with Crippen LogP contribution in [0.1, 0.15) is 10.4 Å². The van der Waals surface area contributed by atoms with Gasteiger partial charge in [0.2, 0.25) is 0 Å². The van der Waals surface area contributed by atoms with Gasteiger partial charge in [-0.3, -0.25) is 4.57 Å². The van der Waals surface area contributed by atoms with Crippen LogP contribution in [0.4, 0.5) is 4.39 Å². The molecule has 0 atom stereocenters. The molecule has 0 radical (unpaired) electrons. The highest BCUT2D eigenvalue weighted by molar-refractivity contribution is 9.10. The zero-order chi connectivity index (χ0) is 14.3. The van der Waals surface area contributed by atoms with Crippen molar-refractivity contribution in [3.63, 3.8) is 0 Å². The molecule has 0 bridgehead atoms. The molecule has 2 aromatic carbocycles. The third-order valence-corrected chi connectivity index (χ3v) is 3.62. The van der Waals surface area contributed by atoms with E-state index in [4.69, 9.17) is 5.11 Å². The molecule has 3 aromatic rings. The molecule has 1 aromatic heterocycles. The number of fused-ring (bicyclic) bond motifs is 1. The first-order valence-corrected chi connectivity index (χ1v) is 6.51. The summed E-state index contributed by atoms with van der Waals surface area (Å²) in [7, 11) is 0. The third-order valence-electron chi connectivity index (χ3n) is 2.98. The Labute approximate surface area is 121 Å². The van der Waals surface area contributed by atoms with E-state index in [9.17, 15) is 9.18 Å². The molecule has 1 heterocycles. The van der Waals surface area contributed by atoms with E-state index in [-0.39, 0.29) is 5.56 Å². The maximum absolute atomic E-state index is 13.6. The number of carboxylic acid groups (broad SMARTS) is 1. The lowest BCUT2D eigenvalue weighted by Gasteiger charge is -2.05. The average Bonchev–Trinajstić information content (AvgIpc) is 2.84. The van der Waals surface area contributed by atoms with Gasteiger partial charge in [-0.25, -0.2) is 14.2 Å². The molecule has 1 N–H and O–H groups in total. The Balaban J connectivity index is 2.22. The van der Waals surface area contributed by atoms with Crippen molar-refractivity contribution in [3.05, 3.63) is 58.6 Å². The molecule has 0 fully saturated rings. The quantitative estimate of drug-likeness (QED) is 0.778. The molecule has 0 amide bonds. The number of nitrogens with zero attached hydrogens (tertiary/aromatic N) is 2. The highest BCUT2D eigenvalue weighted by atomic mass is 79.9. The van der Waals surface area contributed by atoms with Crippen LogP contribution in [0, 0.1) is 5.82 Å². The van der Waals surface area contributed by atoms with E-state index < -0.39 is 11.8 Å². The van der Waals surface area contributed by atoms with E-state index in [0.29, 0.717) is 21.2 Å². The number of carbonyl (C=O) groups is 1. The molecule has 20 heavy (non-hydrogen) atoms. The van der Waals surface area contributed by atoms with Crippen molar-refractivity contribution in [2.45, 2.75) is 0 Å². The molecule has 0 aliphatic carbocycles. The summed E-state index contributed by atoms with van der Waals surface area (Å²) in [6.07, 6.45) is 1.54. The summed E-state index contributed by atoms with van der Waals surface area (Å²) in [5.74, 6) is -1.40. The second kappa shape index (κ2) is 4.72. The number of imidazole rings is 1. The molecular weight excluding hydrogens is 327 g/mol. The van der Waals surface area contributed by atoms with Gasteiger partial charge in [0, 0.05) is 0 Å². The van der Waals surface area contributed by atoms with E-state index in [1.807, 2.05) is 0 Å². The van der Waals surface area contributed by atoms with Crippen molar-refractivity contribution in [3.8, 4) is 5.69 Å². The van der Waals surface area contributed by atoms with Crippen LogP contribution in [-0.4, -0.2) is 20.6 Å². The summed E-state index contributed by atoms with van der Waals surface area (Å²) >= 11 is 3.10. The third kappa shape index (κ3) is 2.08. The van der Waals surface area contributed by atoms with E-state index in [1.54, 1.807) is 29.1 Å². The standard InChI is InChI=1S/C14H8BrFN2O2/c15-10-3-2-9(6-11(10)16)18-7-17-12-4-1-8(14(19)20)5-13(12)18/h1-7H,(H,19,20). The number of hydrogen-bond donors (Lipinski definition) is 1. The largest absolute Gasteiger partial charge is 0.478 e. The van der Waals surface area contributed by atoms with Gasteiger partial charge in [-0.2, -0.15) is 0 Å². The van der Waals surface area contributed by atoms with Gasteiger partial charge in [-0.15, -0.1) is 0 Å². The molecule has 0 aliphatic heterocycles. The number of aromatic nitrogens is 2. The fourth-order valence-corrected chi connectivity index (χ4v) is 2.23. The van der Waals surface area contributed by atoms with Crippen molar-refractivity contribution in [1.82, 2.24) is 9.55 Å². The van der Waals surface area contributed by atoms with E-state index in [1.165, 1.54) is 18.2 Å². The Bertz CT molecular complexity index is 829. The lowest BCUT2D eigenvalue weighted by molar-refractivity contribution is 0.0697. The van der Waals surface area contributed by atoms with Gasteiger partial charge in [-0.1, -0.05) is 0 Å².